The van der Waals surface area contributed by atoms with Crippen LogP contribution in [-0.4, -0.2) is 13.1 Å². The summed E-state index contributed by atoms with van der Waals surface area (Å²) in [6.45, 7) is 13.9. The Bertz CT molecular complexity index is 488. The van der Waals surface area contributed by atoms with E-state index < -0.39 is 0 Å². The molecule has 3 rings (SSSR count). The van der Waals surface area contributed by atoms with Crippen molar-refractivity contribution >= 4 is 0 Å². The van der Waals surface area contributed by atoms with Crippen molar-refractivity contribution in [2.75, 3.05) is 13.1 Å². The molecule has 110 valence electrons. The highest BCUT2D eigenvalue weighted by molar-refractivity contribution is 5.33. The van der Waals surface area contributed by atoms with Gasteiger partial charge < -0.3 is 10.6 Å². The first-order valence-corrected chi connectivity index (χ1v) is 7.95. The SMILES string of the molecule is CC1(C)C(CNCc2ccc3c(c2)CNCC3)C1(C)C. The van der Waals surface area contributed by atoms with Crippen LogP contribution >= 0.6 is 0 Å². The van der Waals surface area contributed by atoms with Gasteiger partial charge >= 0.3 is 0 Å². The third-order valence-electron chi connectivity index (χ3n) is 6.15. The summed E-state index contributed by atoms with van der Waals surface area (Å²) in [4.78, 5) is 0. The van der Waals surface area contributed by atoms with E-state index in [-0.39, 0.29) is 0 Å². The Labute approximate surface area is 123 Å². The van der Waals surface area contributed by atoms with E-state index in [2.05, 4.69) is 56.5 Å². The molecule has 0 atom stereocenters. The van der Waals surface area contributed by atoms with Crippen LogP contribution in [0.3, 0.4) is 0 Å². The lowest BCUT2D eigenvalue weighted by Crippen LogP contribution is -2.24. The maximum absolute atomic E-state index is 3.66. The molecule has 20 heavy (non-hydrogen) atoms. The molecule has 0 amide bonds. The summed E-state index contributed by atoms with van der Waals surface area (Å²) in [5, 5.41) is 7.11. The van der Waals surface area contributed by atoms with E-state index in [1.807, 2.05) is 0 Å². The van der Waals surface area contributed by atoms with Crippen molar-refractivity contribution in [3.63, 3.8) is 0 Å². The molecule has 1 aromatic rings. The van der Waals surface area contributed by atoms with Gasteiger partial charge in [0.25, 0.3) is 0 Å². The Hall–Kier alpha value is -0.860. The van der Waals surface area contributed by atoms with Gasteiger partial charge in [-0.05, 0) is 52.9 Å². The van der Waals surface area contributed by atoms with E-state index in [1.54, 1.807) is 0 Å². The van der Waals surface area contributed by atoms with Gasteiger partial charge in [0.15, 0.2) is 0 Å². The van der Waals surface area contributed by atoms with Crippen molar-refractivity contribution in [3.05, 3.63) is 34.9 Å². The molecule has 1 saturated carbocycles. The third kappa shape index (κ3) is 2.29. The molecule has 0 saturated heterocycles. The van der Waals surface area contributed by atoms with Crippen molar-refractivity contribution in [1.82, 2.24) is 10.6 Å². The number of hydrogen-bond acceptors (Lipinski definition) is 2. The number of hydrogen-bond donors (Lipinski definition) is 2. The van der Waals surface area contributed by atoms with Gasteiger partial charge in [-0.1, -0.05) is 45.9 Å². The van der Waals surface area contributed by atoms with Crippen LogP contribution in [-0.2, 0) is 19.5 Å². The van der Waals surface area contributed by atoms with Crippen LogP contribution in [0.1, 0.15) is 44.4 Å². The predicted octanol–water partition coefficient (Wildman–Crippen LogP) is 3.10. The Morgan fingerprint density at radius 2 is 1.90 bits per heavy atom. The molecule has 1 aliphatic heterocycles. The molecule has 1 fully saturated rings. The maximum Gasteiger partial charge on any atom is 0.0208 e. The zero-order valence-electron chi connectivity index (χ0n) is 13.3. The summed E-state index contributed by atoms with van der Waals surface area (Å²) in [5.41, 5.74) is 5.41. The highest BCUT2D eigenvalue weighted by Gasteiger charge is 2.63. The molecule has 2 N–H and O–H groups in total. The molecule has 2 nitrogen and oxygen atoms in total. The zero-order valence-corrected chi connectivity index (χ0v) is 13.3. The minimum absolute atomic E-state index is 0.486. The number of nitrogens with one attached hydrogen (secondary N) is 2. The van der Waals surface area contributed by atoms with Crippen molar-refractivity contribution in [1.29, 1.82) is 0 Å². The smallest absolute Gasteiger partial charge is 0.0208 e. The fraction of sp³-hybridized carbons (Fsp3) is 0.667. The monoisotopic (exact) mass is 272 g/mol. The molecule has 0 radical (unpaired) electrons. The lowest BCUT2D eigenvalue weighted by Gasteiger charge is -2.18. The molecule has 1 heterocycles. The Balaban J connectivity index is 1.55. The minimum Gasteiger partial charge on any atom is -0.312 e. The van der Waals surface area contributed by atoms with Gasteiger partial charge in [-0.15, -0.1) is 0 Å². The second kappa shape index (κ2) is 4.85. The van der Waals surface area contributed by atoms with Gasteiger partial charge in [-0.25, -0.2) is 0 Å². The topological polar surface area (TPSA) is 24.1 Å². The van der Waals surface area contributed by atoms with Crippen LogP contribution in [0.25, 0.3) is 0 Å². The highest BCUT2D eigenvalue weighted by Crippen LogP contribution is 2.67. The minimum atomic E-state index is 0.486. The van der Waals surface area contributed by atoms with E-state index in [0.717, 1.165) is 32.1 Å². The third-order valence-corrected chi connectivity index (χ3v) is 6.15. The molecule has 2 aliphatic rings. The van der Waals surface area contributed by atoms with Crippen LogP contribution in [0.5, 0.6) is 0 Å². The van der Waals surface area contributed by atoms with Crippen LogP contribution in [0.15, 0.2) is 18.2 Å². The first-order chi connectivity index (χ1) is 9.43. The summed E-state index contributed by atoms with van der Waals surface area (Å²) < 4.78 is 0. The van der Waals surface area contributed by atoms with Crippen molar-refractivity contribution < 1.29 is 0 Å². The molecule has 0 unspecified atom stereocenters. The second-order valence-electron chi connectivity index (χ2n) is 7.66. The predicted molar refractivity (Wildman–Crippen MR) is 84.6 cm³/mol. The molecule has 2 heteroatoms. The zero-order chi connectivity index (χ0) is 14.4. The molecule has 0 bridgehead atoms. The number of benzene rings is 1. The molecular formula is C18H28N2. The van der Waals surface area contributed by atoms with Crippen LogP contribution in [0.2, 0.25) is 0 Å². The van der Waals surface area contributed by atoms with Crippen molar-refractivity contribution in [3.8, 4) is 0 Å². The summed E-state index contributed by atoms with van der Waals surface area (Å²) in [6.07, 6.45) is 1.17. The molecule has 0 aromatic heterocycles. The average Bonchev–Trinajstić information content (AvgIpc) is 2.81. The van der Waals surface area contributed by atoms with E-state index in [0.29, 0.717) is 10.8 Å². The van der Waals surface area contributed by atoms with Gasteiger partial charge in [0.1, 0.15) is 0 Å². The van der Waals surface area contributed by atoms with Gasteiger partial charge in [0, 0.05) is 13.1 Å². The van der Waals surface area contributed by atoms with Gasteiger partial charge in [-0.2, -0.15) is 0 Å². The lowest BCUT2D eigenvalue weighted by molar-refractivity contribution is 0.457. The Kier molecular flexibility index (Phi) is 3.42. The van der Waals surface area contributed by atoms with E-state index in [1.165, 1.54) is 23.1 Å². The van der Waals surface area contributed by atoms with Crippen LogP contribution in [0.4, 0.5) is 0 Å². The number of fused-ring (bicyclic) bond motifs is 1. The molecule has 0 spiro atoms. The second-order valence-corrected chi connectivity index (χ2v) is 7.66. The summed E-state index contributed by atoms with van der Waals surface area (Å²) >= 11 is 0. The summed E-state index contributed by atoms with van der Waals surface area (Å²) in [5.74, 6) is 0.800. The fourth-order valence-electron chi connectivity index (χ4n) is 3.85. The largest absolute Gasteiger partial charge is 0.312 e. The normalized spacial score (nSPS) is 23.4. The molecule has 1 aromatic carbocycles. The van der Waals surface area contributed by atoms with Gasteiger partial charge in [-0.3, -0.25) is 0 Å². The van der Waals surface area contributed by atoms with Gasteiger partial charge in [0.05, 0.1) is 0 Å². The fourth-order valence-corrected chi connectivity index (χ4v) is 3.85. The first kappa shape index (κ1) is 14.1. The van der Waals surface area contributed by atoms with Crippen molar-refractivity contribution in [2.45, 2.75) is 47.2 Å². The van der Waals surface area contributed by atoms with Gasteiger partial charge in [0.2, 0.25) is 0 Å². The quantitative estimate of drug-likeness (QED) is 0.880. The first-order valence-electron chi connectivity index (χ1n) is 7.95. The lowest BCUT2D eigenvalue weighted by atomic mass is 9.98. The van der Waals surface area contributed by atoms with E-state index in [9.17, 15) is 0 Å². The average molecular weight is 272 g/mol. The van der Waals surface area contributed by atoms with Crippen LogP contribution < -0.4 is 10.6 Å². The standard InChI is InChI=1S/C18H28N2/c1-17(2)16(18(17,3)4)12-20-10-13-5-6-14-7-8-19-11-15(14)9-13/h5-6,9,16,19-20H,7-8,10-12H2,1-4H3. The number of rotatable bonds is 4. The molecular weight excluding hydrogens is 244 g/mol. The Morgan fingerprint density at radius 3 is 2.60 bits per heavy atom. The summed E-state index contributed by atoms with van der Waals surface area (Å²) in [7, 11) is 0. The van der Waals surface area contributed by atoms with Crippen LogP contribution in [0, 0.1) is 16.7 Å². The van der Waals surface area contributed by atoms with Crippen molar-refractivity contribution in [2.24, 2.45) is 16.7 Å². The van der Waals surface area contributed by atoms with E-state index in [4.69, 9.17) is 0 Å². The Morgan fingerprint density at radius 1 is 1.15 bits per heavy atom. The van der Waals surface area contributed by atoms with E-state index >= 15 is 0 Å². The summed E-state index contributed by atoms with van der Waals surface area (Å²) in [6, 6.07) is 6.98. The molecule has 1 aliphatic carbocycles. The maximum atomic E-state index is 3.66. The highest BCUT2D eigenvalue weighted by atomic mass is 14.9.